The van der Waals surface area contributed by atoms with E-state index in [0.717, 1.165) is 0 Å². The summed E-state index contributed by atoms with van der Waals surface area (Å²) in [5.41, 5.74) is -0.877. The Hall–Kier alpha value is -3.82. The molecule has 10 heteroatoms. The molecule has 0 atom stereocenters. The van der Waals surface area contributed by atoms with Crippen molar-refractivity contribution in [3.8, 4) is 23.0 Å². The SMILES string of the molecule is CCOC(=O)c1c(C(=O)OCC)c(O)c2nc3cc(OC)c(OC)cc3nc2c1O. The molecule has 0 fully saturated rings. The molecule has 0 amide bonds. The van der Waals surface area contributed by atoms with Crippen LogP contribution in [-0.4, -0.2) is 59.6 Å². The first kappa shape index (κ1) is 20.9. The smallest absolute Gasteiger partial charge is 0.343 e. The van der Waals surface area contributed by atoms with Crippen LogP contribution in [0.2, 0.25) is 0 Å². The van der Waals surface area contributed by atoms with Crippen molar-refractivity contribution in [1.29, 1.82) is 0 Å². The molecule has 0 bridgehead atoms. The summed E-state index contributed by atoms with van der Waals surface area (Å²) >= 11 is 0. The number of aromatic hydroxyl groups is 2. The zero-order chi connectivity index (χ0) is 22.0. The summed E-state index contributed by atoms with van der Waals surface area (Å²) < 4.78 is 20.4. The highest BCUT2D eigenvalue weighted by Gasteiger charge is 2.32. The molecule has 2 N–H and O–H groups in total. The topological polar surface area (TPSA) is 137 Å². The van der Waals surface area contributed by atoms with Crippen LogP contribution in [0.3, 0.4) is 0 Å². The normalized spacial score (nSPS) is 10.8. The van der Waals surface area contributed by atoms with E-state index < -0.39 is 34.6 Å². The lowest BCUT2D eigenvalue weighted by atomic mass is 10.0. The number of methoxy groups -OCH3 is 2. The number of nitrogens with zero attached hydrogens (tertiary/aromatic N) is 2. The maximum atomic E-state index is 12.5. The van der Waals surface area contributed by atoms with Gasteiger partial charge in [0.2, 0.25) is 0 Å². The van der Waals surface area contributed by atoms with Gasteiger partial charge in [-0.15, -0.1) is 0 Å². The molecule has 0 saturated carbocycles. The molecule has 0 aliphatic rings. The first-order chi connectivity index (χ1) is 14.4. The average molecular weight is 416 g/mol. The molecule has 158 valence electrons. The van der Waals surface area contributed by atoms with Crippen LogP contribution in [0.15, 0.2) is 12.1 Å². The maximum absolute atomic E-state index is 12.5. The van der Waals surface area contributed by atoms with E-state index in [1.807, 2.05) is 0 Å². The molecule has 0 aliphatic heterocycles. The van der Waals surface area contributed by atoms with E-state index in [9.17, 15) is 19.8 Å². The van der Waals surface area contributed by atoms with Crippen molar-refractivity contribution in [2.75, 3.05) is 27.4 Å². The van der Waals surface area contributed by atoms with E-state index in [0.29, 0.717) is 22.5 Å². The Bertz CT molecular complexity index is 1070. The van der Waals surface area contributed by atoms with Crippen LogP contribution in [0.25, 0.3) is 22.1 Å². The molecule has 1 aromatic heterocycles. The number of carbonyl (C=O) groups excluding carboxylic acids is 2. The number of aromatic nitrogens is 2. The molecular formula is C20H20N2O8. The van der Waals surface area contributed by atoms with Gasteiger partial charge in [0.05, 0.1) is 38.5 Å². The molecule has 1 heterocycles. The fraction of sp³-hybridized carbons (Fsp3) is 0.300. The number of rotatable bonds is 6. The van der Waals surface area contributed by atoms with Crippen LogP contribution >= 0.6 is 0 Å². The fourth-order valence-electron chi connectivity index (χ4n) is 2.99. The number of phenolic OH excluding ortho intramolecular Hbond substituents is 2. The van der Waals surface area contributed by atoms with Gasteiger partial charge < -0.3 is 29.2 Å². The van der Waals surface area contributed by atoms with Crippen molar-refractivity contribution in [3.63, 3.8) is 0 Å². The molecule has 3 rings (SSSR count). The van der Waals surface area contributed by atoms with Gasteiger partial charge in [-0.05, 0) is 13.8 Å². The third-order valence-electron chi connectivity index (χ3n) is 4.30. The molecule has 3 aromatic rings. The van der Waals surface area contributed by atoms with Gasteiger partial charge in [-0.25, -0.2) is 19.6 Å². The predicted octanol–water partition coefficient (Wildman–Crippen LogP) is 2.56. The molecule has 2 aromatic carbocycles. The van der Waals surface area contributed by atoms with Crippen molar-refractivity contribution in [2.24, 2.45) is 0 Å². The van der Waals surface area contributed by atoms with Crippen molar-refractivity contribution in [3.05, 3.63) is 23.3 Å². The number of phenols is 2. The Morgan fingerprint density at radius 1 is 0.800 bits per heavy atom. The maximum Gasteiger partial charge on any atom is 0.343 e. The minimum absolute atomic E-state index is 0.0142. The second-order valence-electron chi connectivity index (χ2n) is 6.00. The number of hydrogen-bond acceptors (Lipinski definition) is 10. The fourth-order valence-corrected chi connectivity index (χ4v) is 2.99. The molecule has 0 radical (unpaired) electrons. The predicted molar refractivity (Wildman–Crippen MR) is 105 cm³/mol. The minimum Gasteiger partial charge on any atom is -0.505 e. The molecule has 0 saturated heterocycles. The molecule has 10 nitrogen and oxygen atoms in total. The van der Waals surface area contributed by atoms with Crippen LogP contribution in [0.5, 0.6) is 23.0 Å². The first-order valence-electron chi connectivity index (χ1n) is 9.03. The van der Waals surface area contributed by atoms with Gasteiger partial charge in [0.1, 0.15) is 22.2 Å². The Morgan fingerprint density at radius 2 is 1.17 bits per heavy atom. The number of esters is 2. The number of ether oxygens (including phenoxy) is 4. The zero-order valence-corrected chi connectivity index (χ0v) is 16.8. The van der Waals surface area contributed by atoms with Crippen molar-refractivity contribution in [2.45, 2.75) is 13.8 Å². The molecule has 0 aliphatic carbocycles. The van der Waals surface area contributed by atoms with Gasteiger partial charge in [-0.3, -0.25) is 0 Å². The minimum atomic E-state index is -1.01. The summed E-state index contributed by atoms with van der Waals surface area (Å²) in [5.74, 6) is -2.59. The number of hydrogen-bond donors (Lipinski definition) is 2. The summed E-state index contributed by atoms with van der Waals surface area (Å²) in [6.45, 7) is 3.10. The third-order valence-corrected chi connectivity index (χ3v) is 4.30. The lowest BCUT2D eigenvalue weighted by Crippen LogP contribution is -2.15. The van der Waals surface area contributed by atoms with Gasteiger partial charge in [-0.1, -0.05) is 0 Å². The number of carbonyl (C=O) groups is 2. The molecule has 30 heavy (non-hydrogen) atoms. The highest BCUT2D eigenvalue weighted by molar-refractivity contribution is 6.13. The van der Waals surface area contributed by atoms with E-state index in [-0.39, 0.29) is 24.2 Å². The molecule has 0 spiro atoms. The lowest BCUT2D eigenvalue weighted by molar-refractivity contribution is 0.0473. The lowest BCUT2D eigenvalue weighted by Gasteiger charge is -2.15. The van der Waals surface area contributed by atoms with Gasteiger partial charge in [0, 0.05) is 12.1 Å². The Labute approximate surface area is 171 Å². The molecular weight excluding hydrogens is 396 g/mol. The van der Waals surface area contributed by atoms with Gasteiger partial charge in [-0.2, -0.15) is 0 Å². The van der Waals surface area contributed by atoms with Crippen molar-refractivity contribution in [1.82, 2.24) is 9.97 Å². The first-order valence-corrected chi connectivity index (χ1v) is 9.03. The van der Waals surface area contributed by atoms with Gasteiger partial charge in [0.25, 0.3) is 0 Å². The third kappa shape index (κ3) is 3.36. The van der Waals surface area contributed by atoms with E-state index >= 15 is 0 Å². The van der Waals surface area contributed by atoms with E-state index in [4.69, 9.17) is 18.9 Å². The standard InChI is InChI=1S/C20H20N2O8/c1-5-29-19(25)13-14(20(26)30-6-2)18(24)16-15(17(13)23)21-9-7-11(27-3)12(28-4)8-10(9)22-16/h7-8,23-24H,5-6H2,1-4H3. The quantitative estimate of drug-likeness (QED) is 0.350. The Kier molecular flexibility index (Phi) is 5.77. The summed E-state index contributed by atoms with van der Waals surface area (Å²) in [6, 6.07) is 3.06. The van der Waals surface area contributed by atoms with Crippen LogP contribution in [0.1, 0.15) is 34.6 Å². The van der Waals surface area contributed by atoms with Gasteiger partial charge >= 0.3 is 11.9 Å². The summed E-state index contributed by atoms with van der Waals surface area (Å²) in [4.78, 5) is 33.5. The van der Waals surface area contributed by atoms with E-state index in [1.54, 1.807) is 13.8 Å². The zero-order valence-electron chi connectivity index (χ0n) is 16.8. The number of fused-ring (bicyclic) bond motifs is 2. The summed E-state index contributed by atoms with van der Waals surface area (Å²) in [5, 5.41) is 21.6. The molecule has 0 unspecified atom stereocenters. The summed E-state index contributed by atoms with van der Waals surface area (Å²) in [6.07, 6.45) is 0. The van der Waals surface area contributed by atoms with E-state index in [2.05, 4.69) is 9.97 Å². The van der Waals surface area contributed by atoms with Crippen molar-refractivity contribution >= 4 is 34.0 Å². The Morgan fingerprint density at radius 3 is 1.47 bits per heavy atom. The highest BCUT2D eigenvalue weighted by Crippen LogP contribution is 2.40. The summed E-state index contributed by atoms with van der Waals surface area (Å²) in [7, 11) is 2.90. The average Bonchev–Trinajstić information content (AvgIpc) is 2.74. The second-order valence-corrected chi connectivity index (χ2v) is 6.00. The van der Waals surface area contributed by atoms with E-state index in [1.165, 1.54) is 26.4 Å². The second kappa shape index (κ2) is 8.27. The van der Waals surface area contributed by atoms with Crippen molar-refractivity contribution < 1.29 is 38.7 Å². The van der Waals surface area contributed by atoms with Gasteiger partial charge in [0.15, 0.2) is 23.0 Å². The largest absolute Gasteiger partial charge is 0.505 e. The number of benzene rings is 2. The highest BCUT2D eigenvalue weighted by atomic mass is 16.5. The monoisotopic (exact) mass is 416 g/mol. The van der Waals surface area contributed by atoms with Crippen LogP contribution in [0.4, 0.5) is 0 Å². The Balaban J connectivity index is 2.43. The van der Waals surface area contributed by atoms with Crippen LogP contribution < -0.4 is 9.47 Å². The van der Waals surface area contributed by atoms with Crippen LogP contribution in [0, 0.1) is 0 Å². The van der Waals surface area contributed by atoms with Crippen LogP contribution in [-0.2, 0) is 9.47 Å².